The molecule has 0 atom stereocenters. The highest BCUT2D eigenvalue weighted by molar-refractivity contribution is 7.91. The van der Waals surface area contributed by atoms with Crippen LogP contribution in [0.5, 0.6) is 0 Å². The molecule has 2 aromatic carbocycles. The summed E-state index contributed by atoms with van der Waals surface area (Å²) in [5, 5.41) is 20.3. The molecule has 0 aliphatic carbocycles. The second kappa shape index (κ2) is 6.76. The van der Waals surface area contributed by atoms with Gasteiger partial charge in [0.05, 0.1) is 17.2 Å². The fraction of sp³-hybridized carbons (Fsp3) is 0.200. The van der Waals surface area contributed by atoms with Crippen LogP contribution in [0.4, 0.5) is 11.4 Å². The monoisotopic (exact) mass is 336 g/mol. The first-order valence-corrected chi connectivity index (χ1v) is 8.41. The van der Waals surface area contributed by atoms with Gasteiger partial charge in [-0.05, 0) is 13.0 Å². The average molecular weight is 336 g/mol. The van der Waals surface area contributed by atoms with Crippen LogP contribution in [0.3, 0.4) is 0 Å². The highest BCUT2D eigenvalue weighted by Gasteiger charge is 2.20. The molecule has 0 aliphatic heterocycles. The number of nitrogens with one attached hydrogen (secondary N) is 1. The number of nitro benzene ring substituents is 1. The van der Waals surface area contributed by atoms with Crippen LogP contribution >= 0.6 is 0 Å². The number of aliphatic hydroxyl groups excluding tert-OH is 1. The van der Waals surface area contributed by atoms with Crippen molar-refractivity contribution in [1.29, 1.82) is 0 Å². The van der Waals surface area contributed by atoms with E-state index in [1.54, 1.807) is 24.3 Å². The topological polar surface area (TPSA) is 110 Å². The van der Waals surface area contributed by atoms with Crippen LogP contribution in [0.1, 0.15) is 16.7 Å². The van der Waals surface area contributed by atoms with Gasteiger partial charge in [-0.1, -0.05) is 35.9 Å². The average Bonchev–Trinajstić information content (AvgIpc) is 2.48. The van der Waals surface area contributed by atoms with E-state index in [1.807, 2.05) is 6.92 Å². The molecule has 0 spiro atoms. The van der Waals surface area contributed by atoms with Crippen molar-refractivity contribution in [2.75, 3.05) is 4.72 Å². The van der Waals surface area contributed by atoms with Gasteiger partial charge in [-0.15, -0.1) is 0 Å². The van der Waals surface area contributed by atoms with E-state index >= 15 is 0 Å². The van der Waals surface area contributed by atoms with Crippen molar-refractivity contribution in [3.63, 3.8) is 0 Å². The molecule has 0 aromatic heterocycles. The molecule has 2 N–H and O–H groups in total. The van der Waals surface area contributed by atoms with Crippen LogP contribution in [-0.2, 0) is 22.4 Å². The van der Waals surface area contributed by atoms with Crippen molar-refractivity contribution < 1.29 is 18.4 Å². The molecule has 0 fully saturated rings. The van der Waals surface area contributed by atoms with Crippen molar-refractivity contribution in [1.82, 2.24) is 0 Å². The molecule has 0 aliphatic rings. The fourth-order valence-corrected chi connectivity index (χ4v) is 3.43. The first-order valence-electron chi connectivity index (χ1n) is 6.75. The van der Waals surface area contributed by atoms with Gasteiger partial charge < -0.3 is 5.11 Å². The van der Waals surface area contributed by atoms with E-state index in [4.69, 9.17) is 0 Å². The molecule has 0 unspecified atom stereocenters. The fourth-order valence-electron chi connectivity index (χ4n) is 2.17. The number of hydrogen-bond acceptors (Lipinski definition) is 5. The Hall–Kier alpha value is -2.45. The van der Waals surface area contributed by atoms with Crippen LogP contribution in [0.25, 0.3) is 0 Å². The molecule has 0 saturated carbocycles. The number of para-hydroxylation sites is 1. The Morgan fingerprint density at radius 3 is 2.52 bits per heavy atom. The molecule has 7 nitrogen and oxygen atoms in total. The van der Waals surface area contributed by atoms with E-state index in [9.17, 15) is 23.6 Å². The Balaban J connectivity index is 2.29. The third-order valence-corrected chi connectivity index (χ3v) is 4.45. The largest absolute Gasteiger partial charge is 0.392 e. The normalized spacial score (nSPS) is 11.2. The Labute approximate surface area is 133 Å². The van der Waals surface area contributed by atoms with Crippen LogP contribution in [0.2, 0.25) is 0 Å². The maximum absolute atomic E-state index is 12.3. The molecule has 23 heavy (non-hydrogen) atoms. The molecule has 2 aromatic rings. The number of aryl methyl sites for hydroxylation is 1. The summed E-state index contributed by atoms with van der Waals surface area (Å²) in [7, 11) is -3.85. The Bertz CT molecular complexity index is 834. The second-order valence-corrected chi connectivity index (χ2v) is 6.79. The van der Waals surface area contributed by atoms with E-state index in [2.05, 4.69) is 4.72 Å². The number of aliphatic hydroxyl groups is 1. The quantitative estimate of drug-likeness (QED) is 0.621. The molecular weight excluding hydrogens is 320 g/mol. The Morgan fingerprint density at radius 2 is 1.87 bits per heavy atom. The minimum Gasteiger partial charge on any atom is -0.392 e. The predicted molar refractivity (Wildman–Crippen MR) is 86.4 cm³/mol. The predicted octanol–water partition coefficient (Wildman–Crippen LogP) is 2.34. The maximum Gasteiger partial charge on any atom is 0.273 e. The highest BCUT2D eigenvalue weighted by atomic mass is 32.2. The van der Waals surface area contributed by atoms with Gasteiger partial charge in [-0.25, -0.2) is 8.42 Å². The third-order valence-electron chi connectivity index (χ3n) is 3.23. The van der Waals surface area contributed by atoms with Crippen molar-refractivity contribution >= 4 is 21.4 Å². The summed E-state index contributed by atoms with van der Waals surface area (Å²) in [4.78, 5) is 10.3. The van der Waals surface area contributed by atoms with Gasteiger partial charge in [0.15, 0.2) is 0 Å². The summed E-state index contributed by atoms with van der Waals surface area (Å²) < 4.78 is 26.9. The van der Waals surface area contributed by atoms with Crippen LogP contribution < -0.4 is 4.72 Å². The number of rotatable bonds is 6. The van der Waals surface area contributed by atoms with Crippen molar-refractivity contribution in [2.45, 2.75) is 19.3 Å². The SMILES string of the molecule is Cc1ccc(NS(=O)(=O)Cc2ccccc2[N+](=O)[O-])c(CO)c1. The number of benzene rings is 2. The molecule has 0 radical (unpaired) electrons. The van der Waals surface area contributed by atoms with E-state index in [1.165, 1.54) is 18.2 Å². The first-order chi connectivity index (χ1) is 10.8. The van der Waals surface area contributed by atoms with E-state index < -0.39 is 20.7 Å². The van der Waals surface area contributed by atoms with Crippen LogP contribution in [0.15, 0.2) is 42.5 Å². The lowest BCUT2D eigenvalue weighted by atomic mass is 10.1. The van der Waals surface area contributed by atoms with Gasteiger partial charge in [-0.2, -0.15) is 0 Å². The second-order valence-electron chi connectivity index (χ2n) is 5.07. The standard InChI is InChI=1S/C15H16N2O5S/c1-11-6-7-14(13(8-11)9-18)16-23(21,22)10-12-4-2-3-5-15(12)17(19)20/h2-8,16,18H,9-10H2,1H3. The molecular formula is C15H16N2O5S. The number of nitro groups is 1. The summed E-state index contributed by atoms with van der Waals surface area (Å²) in [6.45, 7) is 1.51. The zero-order chi connectivity index (χ0) is 17.0. The molecule has 8 heteroatoms. The van der Waals surface area contributed by atoms with Crippen molar-refractivity contribution in [3.05, 3.63) is 69.3 Å². The molecule has 2 rings (SSSR count). The van der Waals surface area contributed by atoms with Crippen molar-refractivity contribution in [2.24, 2.45) is 0 Å². The summed E-state index contributed by atoms with van der Waals surface area (Å²) in [6, 6.07) is 10.6. The Morgan fingerprint density at radius 1 is 1.17 bits per heavy atom. The zero-order valence-corrected chi connectivity index (χ0v) is 13.2. The molecule has 0 saturated heterocycles. The van der Waals surface area contributed by atoms with Gasteiger partial charge in [0.1, 0.15) is 5.75 Å². The van der Waals surface area contributed by atoms with E-state index in [-0.39, 0.29) is 23.5 Å². The van der Waals surface area contributed by atoms with Gasteiger partial charge in [0, 0.05) is 17.2 Å². The van der Waals surface area contributed by atoms with Crippen LogP contribution in [-0.4, -0.2) is 18.4 Å². The minimum atomic E-state index is -3.85. The van der Waals surface area contributed by atoms with Gasteiger partial charge >= 0.3 is 0 Å². The molecule has 0 bridgehead atoms. The minimum absolute atomic E-state index is 0.0997. The lowest BCUT2D eigenvalue weighted by Gasteiger charge is -2.12. The lowest BCUT2D eigenvalue weighted by molar-refractivity contribution is -0.385. The zero-order valence-electron chi connectivity index (χ0n) is 12.4. The molecule has 0 heterocycles. The van der Waals surface area contributed by atoms with Crippen LogP contribution in [0, 0.1) is 17.0 Å². The summed E-state index contributed by atoms with van der Waals surface area (Å²) >= 11 is 0. The highest BCUT2D eigenvalue weighted by Crippen LogP contribution is 2.23. The van der Waals surface area contributed by atoms with E-state index in [0.29, 0.717) is 5.56 Å². The first kappa shape index (κ1) is 16.9. The molecule has 0 amide bonds. The molecule has 122 valence electrons. The van der Waals surface area contributed by atoms with Gasteiger partial charge in [-0.3, -0.25) is 14.8 Å². The van der Waals surface area contributed by atoms with Gasteiger partial charge in [0.25, 0.3) is 5.69 Å². The summed E-state index contributed by atoms with van der Waals surface area (Å²) in [5.74, 6) is -0.525. The number of nitrogens with zero attached hydrogens (tertiary/aromatic N) is 1. The number of hydrogen-bond donors (Lipinski definition) is 2. The third kappa shape index (κ3) is 4.27. The van der Waals surface area contributed by atoms with Crippen molar-refractivity contribution in [3.8, 4) is 0 Å². The number of sulfonamides is 1. The van der Waals surface area contributed by atoms with Gasteiger partial charge in [0.2, 0.25) is 10.0 Å². The van der Waals surface area contributed by atoms with E-state index in [0.717, 1.165) is 5.56 Å². The maximum atomic E-state index is 12.3. The number of anilines is 1. The Kier molecular flexibility index (Phi) is 4.97. The lowest BCUT2D eigenvalue weighted by Crippen LogP contribution is -2.17. The summed E-state index contributed by atoms with van der Waals surface area (Å²) in [5.41, 5.74) is 1.44. The summed E-state index contributed by atoms with van der Waals surface area (Å²) in [6.07, 6.45) is 0. The smallest absolute Gasteiger partial charge is 0.273 e.